The van der Waals surface area contributed by atoms with Gasteiger partial charge >= 0.3 is 5.97 Å². The molecule has 0 aliphatic carbocycles. The van der Waals surface area contributed by atoms with E-state index < -0.39 is 12.0 Å². The Morgan fingerprint density at radius 3 is 2.60 bits per heavy atom. The zero-order chi connectivity index (χ0) is 18.0. The number of carboxylic acid groups (broad SMARTS) is 1. The fraction of sp³-hybridized carbons (Fsp3) is 0.526. The van der Waals surface area contributed by atoms with Gasteiger partial charge in [0, 0.05) is 32.0 Å². The minimum Gasteiger partial charge on any atom is -0.480 e. The molecule has 2 aliphatic rings. The summed E-state index contributed by atoms with van der Waals surface area (Å²) in [6.45, 7) is 3.01. The Morgan fingerprint density at radius 2 is 1.92 bits per heavy atom. The van der Waals surface area contributed by atoms with E-state index in [-0.39, 0.29) is 24.3 Å². The topological polar surface area (TPSA) is 77.9 Å². The smallest absolute Gasteiger partial charge is 0.326 e. The van der Waals surface area contributed by atoms with Crippen molar-refractivity contribution >= 4 is 17.8 Å². The van der Waals surface area contributed by atoms with Crippen LogP contribution in [0.4, 0.5) is 0 Å². The van der Waals surface area contributed by atoms with Crippen LogP contribution in [-0.2, 0) is 20.9 Å². The Labute approximate surface area is 147 Å². The predicted molar refractivity (Wildman–Crippen MR) is 91.7 cm³/mol. The Bertz CT molecular complexity index is 671. The van der Waals surface area contributed by atoms with Crippen LogP contribution in [0.5, 0.6) is 0 Å². The summed E-state index contributed by atoms with van der Waals surface area (Å²) in [5, 5.41) is 9.25. The molecular formula is C19H24N2O4. The number of carboxylic acids is 1. The van der Waals surface area contributed by atoms with E-state index >= 15 is 0 Å². The maximum Gasteiger partial charge on any atom is 0.326 e. The number of benzene rings is 1. The Morgan fingerprint density at radius 1 is 1.20 bits per heavy atom. The van der Waals surface area contributed by atoms with Gasteiger partial charge in [-0.2, -0.15) is 0 Å². The van der Waals surface area contributed by atoms with Crippen LogP contribution in [0.15, 0.2) is 24.3 Å². The standard InChI is InChI=1S/C19H24N2O4/c1-13-4-6-14(7-5-13)12-21-15(8-9-17(21)22)11-18(23)20-10-2-3-16(20)19(24)25/h4-7,15-16H,2-3,8-12H2,1H3,(H,24,25)/t15?,16-/m0/s1. The van der Waals surface area contributed by atoms with Gasteiger partial charge in [0.2, 0.25) is 11.8 Å². The van der Waals surface area contributed by atoms with E-state index in [0.29, 0.717) is 32.4 Å². The van der Waals surface area contributed by atoms with Gasteiger partial charge in [0.15, 0.2) is 0 Å². The summed E-state index contributed by atoms with van der Waals surface area (Å²) in [6.07, 6.45) is 2.55. The highest BCUT2D eigenvalue weighted by Gasteiger charge is 2.38. The molecule has 0 radical (unpaired) electrons. The molecule has 2 aliphatic heterocycles. The van der Waals surface area contributed by atoms with Crippen molar-refractivity contribution < 1.29 is 19.5 Å². The third-order valence-corrected chi connectivity index (χ3v) is 5.19. The molecule has 134 valence electrons. The lowest BCUT2D eigenvalue weighted by Gasteiger charge is -2.28. The molecule has 0 spiro atoms. The van der Waals surface area contributed by atoms with E-state index in [2.05, 4.69) is 0 Å². The molecule has 1 aromatic rings. The minimum absolute atomic E-state index is 0.0644. The summed E-state index contributed by atoms with van der Waals surface area (Å²) in [6, 6.07) is 7.17. The Balaban J connectivity index is 1.66. The largest absolute Gasteiger partial charge is 0.480 e. The zero-order valence-electron chi connectivity index (χ0n) is 14.5. The van der Waals surface area contributed by atoms with Gasteiger partial charge in [-0.15, -0.1) is 0 Å². The quantitative estimate of drug-likeness (QED) is 0.886. The maximum absolute atomic E-state index is 12.6. The Hall–Kier alpha value is -2.37. The molecule has 6 nitrogen and oxygen atoms in total. The van der Waals surface area contributed by atoms with Crippen molar-refractivity contribution in [2.75, 3.05) is 6.54 Å². The number of carbonyl (C=O) groups is 3. The van der Waals surface area contributed by atoms with E-state index in [1.165, 1.54) is 4.90 Å². The molecule has 3 rings (SSSR count). The van der Waals surface area contributed by atoms with Gasteiger partial charge in [-0.05, 0) is 31.7 Å². The first-order valence-electron chi connectivity index (χ1n) is 8.83. The number of hydrogen-bond acceptors (Lipinski definition) is 3. The number of hydrogen-bond donors (Lipinski definition) is 1. The lowest BCUT2D eigenvalue weighted by molar-refractivity contribution is -0.148. The SMILES string of the molecule is Cc1ccc(CN2C(=O)CCC2CC(=O)N2CCC[C@H]2C(=O)O)cc1. The molecule has 1 aromatic carbocycles. The second-order valence-corrected chi connectivity index (χ2v) is 6.99. The number of aryl methyl sites for hydroxylation is 1. The number of likely N-dealkylation sites (tertiary alicyclic amines) is 2. The fourth-order valence-electron chi connectivity index (χ4n) is 3.75. The zero-order valence-corrected chi connectivity index (χ0v) is 14.5. The van der Waals surface area contributed by atoms with Gasteiger partial charge in [-0.25, -0.2) is 4.79 Å². The normalized spacial score (nSPS) is 23.3. The summed E-state index contributed by atoms with van der Waals surface area (Å²) in [5.41, 5.74) is 2.21. The number of carbonyl (C=O) groups excluding carboxylic acids is 2. The van der Waals surface area contributed by atoms with Crippen molar-refractivity contribution in [3.05, 3.63) is 35.4 Å². The van der Waals surface area contributed by atoms with Gasteiger partial charge in [0.25, 0.3) is 0 Å². The average molecular weight is 344 g/mol. The van der Waals surface area contributed by atoms with Gasteiger partial charge in [-0.3, -0.25) is 9.59 Å². The molecule has 2 atom stereocenters. The van der Waals surface area contributed by atoms with Crippen LogP contribution in [0.2, 0.25) is 0 Å². The van der Waals surface area contributed by atoms with Crippen molar-refractivity contribution in [1.82, 2.24) is 9.80 Å². The van der Waals surface area contributed by atoms with E-state index in [0.717, 1.165) is 17.5 Å². The van der Waals surface area contributed by atoms with Crippen LogP contribution in [-0.4, -0.2) is 51.3 Å². The molecule has 0 saturated carbocycles. The minimum atomic E-state index is -0.940. The average Bonchev–Trinajstić information content (AvgIpc) is 3.19. The van der Waals surface area contributed by atoms with Crippen LogP contribution >= 0.6 is 0 Å². The van der Waals surface area contributed by atoms with E-state index in [1.807, 2.05) is 31.2 Å². The molecule has 0 aromatic heterocycles. The van der Waals surface area contributed by atoms with Gasteiger partial charge < -0.3 is 14.9 Å². The molecule has 2 fully saturated rings. The second kappa shape index (κ2) is 7.25. The number of nitrogens with zero attached hydrogens (tertiary/aromatic N) is 2. The van der Waals surface area contributed by atoms with Crippen molar-refractivity contribution in [3.8, 4) is 0 Å². The second-order valence-electron chi connectivity index (χ2n) is 6.99. The summed E-state index contributed by atoms with van der Waals surface area (Å²) in [7, 11) is 0. The fourth-order valence-corrected chi connectivity index (χ4v) is 3.75. The van der Waals surface area contributed by atoms with E-state index in [9.17, 15) is 19.5 Å². The monoisotopic (exact) mass is 344 g/mol. The van der Waals surface area contributed by atoms with Crippen molar-refractivity contribution in [2.24, 2.45) is 0 Å². The van der Waals surface area contributed by atoms with Crippen LogP contribution in [0.25, 0.3) is 0 Å². The van der Waals surface area contributed by atoms with Crippen LogP contribution in [0.1, 0.15) is 43.2 Å². The molecule has 25 heavy (non-hydrogen) atoms. The lowest BCUT2D eigenvalue weighted by Crippen LogP contribution is -2.43. The summed E-state index contributed by atoms with van der Waals surface area (Å²) >= 11 is 0. The van der Waals surface area contributed by atoms with Crippen LogP contribution in [0, 0.1) is 6.92 Å². The molecule has 2 heterocycles. The number of amides is 2. The predicted octanol–water partition coefficient (Wildman–Crippen LogP) is 1.95. The molecule has 0 bridgehead atoms. The van der Waals surface area contributed by atoms with Crippen LogP contribution in [0.3, 0.4) is 0 Å². The van der Waals surface area contributed by atoms with Crippen molar-refractivity contribution in [2.45, 2.75) is 57.7 Å². The Kier molecular flexibility index (Phi) is 5.06. The lowest BCUT2D eigenvalue weighted by atomic mass is 10.1. The van der Waals surface area contributed by atoms with Crippen molar-refractivity contribution in [1.29, 1.82) is 0 Å². The molecule has 2 saturated heterocycles. The third kappa shape index (κ3) is 3.83. The van der Waals surface area contributed by atoms with Gasteiger partial charge in [0.05, 0.1) is 0 Å². The molecule has 1 unspecified atom stereocenters. The highest BCUT2D eigenvalue weighted by Crippen LogP contribution is 2.26. The van der Waals surface area contributed by atoms with E-state index in [1.54, 1.807) is 4.90 Å². The van der Waals surface area contributed by atoms with Crippen LogP contribution < -0.4 is 0 Å². The number of aliphatic carboxylic acids is 1. The van der Waals surface area contributed by atoms with Gasteiger partial charge in [0.1, 0.15) is 6.04 Å². The highest BCUT2D eigenvalue weighted by atomic mass is 16.4. The molecule has 2 amide bonds. The first kappa shape index (κ1) is 17.5. The van der Waals surface area contributed by atoms with Gasteiger partial charge in [-0.1, -0.05) is 29.8 Å². The first-order valence-corrected chi connectivity index (χ1v) is 8.83. The summed E-state index contributed by atoms with van der Waals surface area (Å²) in [4.78, 5) is 39.3. The number of rotatable bonds is 5. The first-order chi connectivity index (χ1) is 12.0. The maximum atomic E-state index is 12.6. The summed E-state index contributed by atoms with van der Waals surface area (Å²) < 4.78 is 0. The van der Waals surface area contributed by atoms with Crippen molar-refractivity contribution in [3.63, 3.8) is 0 Å². The highest BCUT2D eigenvalue weighted by molar-refractivity contribution is 5.86. The summed E-state index contributed by atoms with van der Waals surface area (Å²) in [5.74, 6) is -1.03. The van der Waals surface area contributed by atoms with E-state index in [4.69, 9.17) is 0 Å². The molecule has 6 heteroatoms. The third-order valence-electron chi connectivity index (χ3n) is 5.19. The molecule has 1 N–H and O–H groups in total. The molecular weight excluding hydrogens is 320 g/mol.